The molecule has 0 aromatic heterocycles. The highest BCUT2D eigenvalue weighted by Gasteiger charge is 2.21. The molecule has 3 rings (SSSR count). The lowest BCUT2D eigenvalue weighted by atomic mass is 10.1. The van der Waals surface area contributed by atoms with Gasteiger partial charge in [-0.25, -0.2) is 0 Å². The summed E-state index contributed by atoms with van der Waals surface area (Å²) in [5.74, 6) is 0.301. The van der Waals surface area contributed by atoms with E-state index in [0.717, 1.165) is 56.0 Å². The van der Waals surface area contributed by atoms with Crippen LogP contribution in [-0.2, 0) is 16.0 Å². The van der Waals surface area contributed by atoms with E-state index in [1.165, 1.54) is 37.7 Å². The van der Waals surface area contributed by atoms with Gasteiger partial charge in [-0.3, -0.25) is 9.59 Å². The molecule has 0 spiro atoms. The second-order valence-corrected chi connectivity index (χ2v) is 9.44. The van der Waals surface area contributed by atoms with Gasteiger partial charge in [0, 0.05) is 44.0 Å². The number of benzene rings is 2. The van der Waals surface area contributed by atoms with Crippen LogP contribution in [0.3, 0.4) is 0 Å². The zero-order valence-electron chi connectivity index (χ0n) is 21.0. The summed E-state index contributed by atoms with van der Waals surface area (Å²) in [5, 5.41) is 3.02. The Labute approximate surface area is 205 Å². The lowest BCUT2D eigenvalue weighted by Gasteiger charge is -2.36. The Bertz CT molecular complexity index is 902. The lowest BCUT2D eigenvalue weighted by Crippen LogP contribution is -2.49. The van der Waals surface area contributed by atoms with E-state index in [0.29, 0.717) is 12.8 Å². The minimum atomic E-state index is 0.0992. The van der Waals surface area contributed by atoms with Crippen molar-refractivity contribution >= 4 is 23.2 Å². The molecule has 0 unspecified atom stereocenters. The van der Waals surface area contributed by atoms with E-state index in [1.54, 1.807) is 0 Å². The molecule has 2 amide bonds. The molecule has 0 radical (unpaired) electrons. The lowest BCUT2D eigenvalue weighted by molar-refractivity contribution is -0.130. The number of carbonyl (C=O) groups excluding carboxylic acids is 2. The first-order valence-corrected chi connectivity index (χ1v) is 13.0. The van der Waals surface area contributed by atoms with Crippen LogP contribution in [0.15, 0.2) is 48.5 Å². The first-order chi connectivity index (χ1) is 16.6. The summed E-state index contributed by atoms with van der Waals surface area (Å²) >= 11 is 0. The van der Waals surface area contributed by atoms with Gasteiger partial charge in [0.15, 0.2) is 0 Å². The number of nitrogens with one attached hydrogen (secondary N) is 1. The van der Waals surface area contributed by atoms with Crippen molar-refractivity contribution < 1.29 is 9.59 Å². The topological polar surface area (TPSA) is 52.7 Å². The molecular formula is C29H41N3O2. The molecule has 2 aromatic carbocycles. The molecule has 1 N–H and O–H groups in total. The molecule has 0 aliphatic carbocycles. The fraction of sp³-hybridized carbons (Fsp3) is 0.517. The van der Waals surface area contributed by atoms with Crippen molar-refractivity contribution in [3.8, 4) is 0 Å². The number of anilines is 2. The van der Waals surface area contributed by atoms with Crippen molar-refractivity contribution in [1.29, 1.82) is 0 Å². The van der Waals surface area contributed by atoms with Crippen molar-refractivity contribution in [2.75, 3.05) is 36.4 Å². The number of rotatable bonds is 12. The highest BCUT2D eigenvalue weighted by Crippen LogP contribution is 2.20. The molecule has 1 aliphatic heterocycles. The Balaban J connectivity index is 1.37. The first kappa shape index (κ1) is 25.8. The standard InChI is InChI=1S/C29H41N3O2/c1-3-4-5-6-7-8-9-14-28(33)30-26-15-17-27(18-16-26)31-19-21-32(22-20-31)29(34)23-25-13-11-10-12-24(25)2/h10-13,15-18H,3-9,14,19-23H2,1-2H3,(H,30,33). The smallest absolute Gasteiger partial charge is 0.227 e. The van der Waals surface area contributed by atoms with Crippen LogP contribution >= 0.6 is 0 Å². The quantitative estimate of drug-likeness (QED) is 0.395. The monoisotopic (exact) mass is 463 g/mol. The third kappa shape index (κ3) is 8.19. The van der Waals surface area contributed by atoms with Gasteiger partial charge in [0.25, 0.3) is 0 Å². The van der Waals surface area contributed by atoms with Crippen molar-refractivity contribution in [2.45, 2.75) is 71.6 Å². The van der Waals surface area contributed by atoms with E-state index >= 15 is 0 Å². The van der Waals surface area contributed by atoms with Crippen LogP contribution in [0.1, 0.15) is 69.4 Å². The van der Waals surface area contributed by atoms with E-state index in [2.05, 4.69) is 42.3 Å². The average Bonchev–Trinajstić information content (AvgIpc) is 2.85. The minimum absolute atomic E-state index is 0.0992. The van der Waals surface area contributed by atoms with E-state index in [1.807, 2.05) is 35.2 Å². The molecule has 5 nitrogen and oxygen atoms in total. The van der Waals surface area contributed by atoms with Crippen molar-refractivity contribution in [2.24, 2.45) is 0 Å². The summed E-state index contributed by atoms with van der Waals surface area (Å²) in [4.78, 5) is 29.2. The fourth-order valence-electron chi connectivity index (χ4n) is 4.52. The van der Waals surface area contributed by atoms with Gasteiger partial charge in [0.2, 0.25) is 11.8 Å². The Kier molecular flexibility index (Phi) is 10.5. The molecule has 0 atom stereocenters. The van der Waals surface area contributed by atoms with Gasteiger partial charge in [-0.15, -0.1) is 0 Å². The van der Waals surface area contributed by atoms with E-state index in [4.69, 9.17) is 0 Å². The first-order valence-electron chi connectivity index (χ1n) is 13.0. The van der Waals surface area contributed by atoms with Gasteiger partial charge in [0.05, 0.1) is 6.42 Å². The third-order valence-electron chi connectivity index (χ3n) is 6.76. The normalized spacial score (nSPS) is 13.7. The Hall–Kier alpha value is -2.82. The maximum atomic E-state index is 12.7. The summed E-state index contributed by atoms with van der Waals surface area (Å²) in [6.45, 7) is 7.41. The van der Waals surface area contributed by atoms with Crippen LogP contribution in [0.25, 0.3) is 0 Å². The second-order valence-electron chi connectivity index (χ2n) is 9.44. The average molecular weight is 464 g/mol. The summed E-state index contributed by atoms with van der Waals surface area (Å²) in [5.41, 5.74) is 4.27. The maximum absolute atomic E-state index is 12.7. The summed E-state index contributed by atoms with van der Waals surface area (Å²) in [7, 11) is 0. The van der Waals surface area contributed by atoms with Crippen molar-refractivity contribution in [3.05, 3.63) is 59.7 Å². The SMILES string of the molecule is CCCCCCCCCC(=O)Nc1ccc(N2CCN(C(=O)Cc3ccccc3C)CC2)cc1. The van der Waals surface area contributed by atoms with Gasteiger partial charge in [-0.1, -0.05) is 69.7 Å². The highest BCUT2D eigenvalue weighted by atomic mass is 16.2. The van der Waals surface area contributed by atoms with Crippen molar-refractivity contribution in [1.82, 2.24) is 4.90 Å². The number of piperazine rings is 1. The van der Waals surface area contributed by atoms with Crippen LogP contribution in [0, 0.1) is 6.92 Å². The number of hydrogen-bond acceptors (Lipinski definition) is 3. The molecule has 2 aromatic rings. The molecule has 184 valence electrons. The van der Waals surface area contributed by atoms with E-state index in [9.17, 15) is 9.59 Å². The number of amides is 2. The Morgan fingerprint density at radius 2 is 1.47 bits per heavy atom. The fourth-order valence-corrected chi connectivity index (χ4v) is 4.52. The van der Waals surface area contributed by atoms with E-state index in [-0.39, 0.29) is 11.8 Å². The largest absolute Gasteiger partial charge is 0.368 e. The summed E-state index contributed by atoms with van der Waals surface area (Å²) in [6, 6.07) is 16.2. The van der Waals surface area contributed by atoms with Crippen LogP contribution < -0.4 is 10.2 Å². The second kappa shape index (κ2) is 13.8. The molecule has 5 heteroatoms. The highest BCUT2D eigenvalue weighted by molar-refractivity contribution is 5.90. The van der Waals surface area contributed by atoms with Crippen LogP contribution in [-0.4, -0.2) is 42.9 Å². The zero-order valence-corrected chi connectivity index (χ0v) is 21.0. The Morgan fingerprint density at radius 1 is 0.824 bits per heavy atom. The van der Waals surface area contributed by atoms with Crippen LogP contribution in [0.5, 0.6) is 0 Å². The zero-order chi connectivity index (χ0) is 24.2. The number of hydrogen-bond donors (Lipinski definition) is 1. The van der Waals surface area contributed by atoms with Crippen LogP contribution in [0.4, 0.5) is 11.4 Å². The van der Waals surface area contributed by atoms with Gasteiger partial charge < -0.3 is 15.1 Å². The molecule has 0 bridgehead atoms. The summed E-state index contributed by atoms with van der Waals surface area (Å²) in [6.07, 6.45) is 9.57. The number of carbonyl (C=O) groups is 2. The molecule has 0 saturated carbocycles. The van der Waals surface area contributed by atoms with Crippen LogP contribution in [0.2, 0.25) is 0 Å². The van der Waals surface area contributed by atoms with E-state index < -0.39 is 0 Å². The third-order valence-corrected chi connectivity index (χ3v) is 6.76. The Morgan fingerprint density at radius 3 is 2.15 bits per heavy atom. The number of nitrogens with zero attached hydrogens (tertiary/aromatic N) is 2. The predicted molar refractivity (Wildman–Crippen MR) is 141 cm³/mol. The molecule has 1 aliphatic rings. The molecule has 34 heavy (non-hydrogen) atoms. The van der Waals surface area contributed by atoms with Crippen molar-refractivity contribution in [3.63, 3.8) is 0 Å². The molecule has 1 fully saturated rings. The van der Waals surface area contributed by atoms with Gasteiger partial charge in [-0.2, -0.15) is 0 Å². The van der Waals surface area contributed by atoms with Gasteiger partial charge >= 0.3 is 0 Å². The summed E-state index contributed by atoms with van der Waals surface area (Å²) < 4.78 is 0. The minimum Gasteiger partial charge on any atom is -0.368 e. The number of aryl methyl sites for hydroxylation is 1. The molecule has 1 heterocycles. The molecule has 1 saturated heterocycles. The number of unbranched alkanes of at least 4 members (excludes halogenated alkanes) is 6. The van der Waals surface area contributed by atoms with Gasteiger partial charge in [-0.05, 0) is 48.7 Å². The van der Waals surface area contributed by atoms with Gasteiger partial charge in [0.1, 0.15) is 0 Å². The molecular weight excluding hydrogens is 422 g/mol. The maximum Gasteiger partial charge on any atom is 0.227 e. The predicted octanol–water partition coefficient (Wildman–Crippen LogP) is 5.97.